The van der Waals surface area contributed by atoms with Gasteiger partial charge < -0.3 is 14.8 Å². The summed E-state index contributed by atoms with van der Waals surface area (Å²) < 4.78 is 5.85. The van der Waals surface area contributed by atoms with Crippen LogP contribution in [0.5, 0.6) is 11.5 Å². The molecule has 0 amide bonds. The number of nitrogens with zero attached hydrogens (tertiary/aromatic N) is 1. The van der Waals surface area contributed by atoms with E-state index in [2.05, 4.69) is 9.97 Å². The standard InChI is InChI=1S/C20H16N2O2/c23-16-8-6-15(7-9-16)20-21-18-11-10-17(12-19(18)22-20)24-13-14-4-2-1-3-5-14/h1-12,23H,13H2,(H,21,22). The summed E-state index contributed by atoms with van der Waals surface area (Å²) in [5.41, 5.74) is 3.86. The van der Waals surface area contributed by atoms with Crippen LogP contribution in [0.4, 0.5) is 0 Å². The molecule has 0 radical (unpaired) electrons. The lowest BCUT2D eigenvalue weighted by atomic mass is 10.2. The summed E-state index contributed by atoms with van der Waals surface area (Å²) in [6, 6.07) is 22.9. The fourth-order valence-corrected chi connectivity index (χ4v) is 2.58. The van der Waals surface area contributed by atoms with Crippen LogP contribution in [0, 0.1) is 0 Å². The van der Waals surface area contributed by atoms with Gasteiger partial charge in [0.05, 0.1) is 11.0 Å². The number of H-pyrrole nitrogens is 1. The molecule has 1 aromatic heterocycles. The van der Waals surface area contributed by atoms with Crippen molar-refractivity contribution in [1.29, 1.82) is 0 Å². The van der Waals surface area contributed by atoms with Crippen molar-refractivity contribution in [2.45, 2.75) is 6.61 Å². The quantitative estimate of drug-likeness (QED) is 0.582. The van der Waals surface area contributed by atoms with Gasteiger partial charge in [-0.15, -0.1) is 0 Å². The number of imidazole rings is 1. The molecular formula is C20H16N2O2. The van der Waals surface area contributed by atoms with Crippen LogP contribution in [0.3, 0.4) is 0 Å². The third-order valence-corrected chi connectivity index (χ3v) is 3.84. The molecule has 0 bridgehead atoms. The Balaban J connectivity index is 1.58. The normalized spacial score (nSPS) is 10.8. The summed E-state index contributed by atoms with van der Waals surface area (Å²) in [6.07, 6.45) is 0. The zero-order chi connectivity index (χ0) is 16.4. The Labute approximate surface area is 139 Å². The largest absolute Gasteiger partial charge is 0.508 e. The van der Waals surface area contributed by atoms with Gasteiger partial charge in [0.2, 0.25) is 0 Å². The van der Waals surface area contributed by atoms with Crippen molar-refractivity contribution in [3.8, 4) is 22.9 Å². The first-order valence-electron chi connectivity index (χ1n) is 7.74. The smallest absolute Gasteiger partial charge is 0.138 e. The topological polar surface area (TPSA) is 58.1 Å². The van der Waals surface area contributed by atoms with E-state index in [1.807, 2.05) is 60.7 Å². The van der Waals surface area contributed by atoms with E-state index < -0.39 is 0 Å². The molecule has 4 aromatic rings. The molecule has 0 unspecified atom stereocenters. The predicted molar refractivity (Wildman–Crippen MR) is 94.0 cm³/mol. The fourth-order valence-electron chi connectivity index (χ4n) is 2.58. The van der Waals surface area contributed by atoms with Crippen molar-refractivity contribution in [3.63, 3.8) is 0 Å². The van der Waals surface area contributed by atoms with Gasteiger partial charge in [0, 0.05) is 11.6 Å². The van der Waals surface area contributed by atoms with E-state index in [1.54, 1.807) is 12.1 Å². The number of nitrogens with one attached hydrogen (secondary N) is 1. The van der Waals surface area contributed by atoms with Gasteiger partial charge in [-0.05, 0) is 42.0 Å². The molecule has 4 nitrogen and oxygen atoms in total. The average Bonchev–Trinajstić information content (AvgIpc) is 3.05. The number of hydrogen-bond acceptors (Lipinski definition) is 3. The number of fused-ring (bicyclic) bond motifs is 1. The highest BCUT2D eigenvalue weighted by Gasteiger charge is 2.07. The molecule has 118 valence electrons. The molecular weight excluding hydrogens is 300 g/mol. The highest BCUT2D eigenvalue weighted by molar-refractivity contribution is 5.80. The third kappa shape index (κ3) is 2.94. The maximum Gasteiger partial charge on any atom is 0.138 e. The van der Waals surface area contributed by atoms with E-state index in [0.29, 0.717) is 6.61 Å². The molecule has 0 aliphatic heterocycles. The Hall–Kier alpha value is -3.27. The van der Waals surface area contributed by atoms with E-state index in [1.165, 1.54) is 0 Å². The van der Waals surface area contributed by atoms with E-state index in [-0.39, 0.29) is 5.75 Å². The van der Waals surface area contributed by atoms with E-state index in [9.17, 15) is 5.11 Å². The highest BCUT2D eigenvalue weighted by Crippen LogP contribution is 2.25. The molecule has 4 heteroatoms. The van der Waals surface area contributed by atoms with Crippen LogP contribution < -0.4 is 4.74 Å². The van der Waals surface area contributed by atoms with Crippen LogP contribution in [0.1, 0.15) is 5.56 Å². The number of benzene rings is 3. The van der Waals surface area contributed by atoms with Gasteiger partial charge in [-0.25, -0.2) is 4.98 Å². The molecule has 0 atom stereocenters. The van der Waals surface area contributed by atoms with Crippen LogP contribution in [-0.4, -0.2) is 15.1 Å². The Morgan fingerprint density at radius 3 is 2.50 bits per heavy atom. The predicted octanol–water partition coefficient (Wildman–Crippen LogP) is 4.51. The number of aromatic amines is 1. The van der Waals surface area contributed by atoms with Crippen LogP contribution in [-0.2, 0) is 6.61 Å². The van der Waals surface area contributed by atoms with E-state index in [0.717, 1.165) is 33.7 Å². The number of ether oxygens (including phenoxy) is 1. The number of phenolic OH excluding ortho intramolecular Hbond substituents is 1. The van der Waals surface area contributed by atoms with Gasteiger partial charge in [-0.2, -0.15) is 0 Å². The van der Waals surface area contributed by atoms with Crippen LogP contribution >= 0.6 is 0 Å². The molecule has 1 heterocycles. The van der Waals surface area contributed by atoms with Crippen molar-refractivity contribution in [1.82, 2.24) is 9.97 Å². The van der Waals surface area contributed by atoms with E-state index in [4.69, 9.17) is 4.74 Å². The summed E-state index contributed by atoms with van der Waals surface area (Å²) in [4.78, 5) is 7.88. The minimum atomic E-state index is 0.242. The Bertz CT molecular complexity index is 960. The lowest BCUT2D eigenvalue weighted by Gasteiger charge is -2.05. The molecule has 24 heavy (non-hydrogen) atoms. The summed E-state index contributed by atoms with van der Waals surface area (Å²) in [6.45, 7) is 0.533. The number of hydrogen-bond donors (Lipinski definition) is 2. The number of aromatic hydroxyl groups is 1. The maximum absolute atomic E-state index is 9.39. The first-order chi connectivity index (χ1) is 11.8. The van der Waals surface area contributed by atoms with Gasteiger partial charge in [-0.3, -0.25) is 0 Å². The first-order valence-corrected chi connectivity index (χ1v) is 7.74. The Morgan fingerprint density at radius 2 is 1.71 bits per heavy atom. The average molecular weight is 316 g/mol. The lowest BCUT2D eigenvalue weighted by Crippen LogP contribution is -1.94. The van der Waals surface area contributed by atoms with Crippen molar-refractivity contribution in [2.75, 3.05) is 0 Å². The first kappa shape index (κ1) is 14.3. The van der Waals surface area contributed by atoms with Gasteiger partial charge in [0.25, 0.3) is 0 Å². The monoisotopic (exact) mass is 316 g/mol. The van der Waals surface area contributed by atoms with Crippen molar-refractivity contribution < 1.29 is 9.84 Å². The molecule has 2 N–H and O–H groups in total. The number of phenols is 1. The van der Waals surface area contributed by atoms with Crippen LogP contribution in [0.2, 0.25) is 0 Å². The maximum atomic E-state index is 9.39. The van der Waals surface area contributed by atoms with Crippen molar-refractivity contribution in [2.24, 2.45) is 0 Å². The zero-order valence-corrected chi connectivity index (χ0v) is 12.9. The molecule has 0 aliphatic rings. The summed E-state index contributed by atoms with van der Waals surface area (Å²) in [5, 5.41) is 9.39. The minimum absolute atomic E-state index is 0.242. The summed E-state index contributed by atoms with van der Waals surface area (Å²) in [7, 11) is 0. The van der Waals surface area contributed by atoms with E-state index >= 15 is 0 Å². The fraction of sp³-hybridized carbons (Fsp3) is 0.0500. The summed E-state index contributed by atoms with van der Waals surface area (Å²) in [5.74, 6) is 1.81. The molecule has 0 aliphatic carbocycles. The van der Waals surface area contributed by atoms with Crippen molar-refractivity contribution in [3.05, 3.63) is 78.4 Å². The van der Waals surface area contributed by atoms with Gasteiger partial charge >= 0.3 is 0 Å². The second kappa shape index (κ2) is 6.08. The van der Waals surface area contributed by atoms with Gasteiger partial charge in [-0.1, -0.05) is 30.3 Å². The number of aromatic nitrogens is 2. The van der Waals surface area contributed by atoms with Crippen LogP contribution in [0.25, 0.3) is 22.4 Å². The van der Waals surface area contributed by atoms with Gasteiger partial charge in [0.15, 0.2) is 0 Å². The zero-order valence-electron chi connectivity index (χ0n) is 12.9. The lowest BCUT2D eigenvalue weighted by molar-refractivity contribution is 0.306. The minimum Gasteiger partial charge on any atom is -0.508 e. The molecule has 0 saturated heterocycles. The second-order valence-corrected chi connectivity index (χ2v) is 5.59. The Morgan fingerprint density at radius 1 is 0.917 bits per heavy atom. The molecule has 4 rings (SSSR count). The molecule has 3 aromatic carbocycles. The second-order valence-electron chi connectivity index (χ2n) is 5.59. The SMILES string of the molecule is Oc1ccc(-c2nc3ccc(OCc4ccccc4)cc3[nH]2)cc1. The van der Waals surface area contributed by atoms with Crippen LogP contribution in [0.15, 0.2) is 72.8 Å². The van der Waals surface area contributed by atoms with Gasteiger partial charge in [0.1, 0.15) is 23.9 Å². The molecule has 0 saturated carbocycles. The molecule has 0 spiro atoms. The number of rotatable bonds is 4. The molecule has 0 fully saturated rings. The third-order valence-electron chi connectivity index (χ3n) is 3.84. The highest BCUT2D eigenvalue weighted by atomic mass is 16.5. The van der Waals surface area contributed by atoms with Crippen molar-refractivity contribution >= 4 is 11.0 Å². The summed E-state index contributed by atoms with van der Waals surface area (Å²) >= 11 is 0. The Kier molecular flexibility index (Phi) is 3.63.